The summed E-state index contributed by atoms with van der Waals surface area (Å²) < 4.78 is 0. The van der Waals surface area contributed by atoms with Crippen LogP contribution in [-0.4, -0.2) is 35.3 Å². The Balaban J connectivity index is 0.000000144. The Morgan fingerprint density at radius 2 is 2.13 bits per heavy atom. The van der Waals surface area contributed by atoms with Gasteiger partial charge in [0.25, 0.3) is 0 Å². The number of nitrogens with zero attached hydrogens (tertiary/aromatic N) is 5. The van der Waals surface area contributed by atoms with Crippen LogP contribution in [0.1, 0.15) is 0 Å². The molecule has 0 bridgehead atoms. The van der Waals surface area contributed by atoms with Crippen LogP contribution in [0.5, 0.6) is 0 Å². The van der Waals surface area contributed by atoms with E-state index in [1.807, 2.05) is 0 Å². The van der Waals surface area contributed by atoms with Crippen molar-refractivity contribution in [1.82, 2.24) is 35.3 Å². The van der Waals surface area contributed by atoms with Crippen molar-refractivity contribution in [3.63, 3.8) is 0 Å². The Hall–Kier alpha value is -2.51. The maximum Gasteiger partial charge on any atom is 0.182 e. The fourth-order valence-corrected chi connectivity index (χ4v) is 0.950. The quantitative estimate of drug-likeness (QED) is 0.463. The summed E-state index contributed by atoms with van der Waals surface area (Å²) in [5.74, 6) is 0.433. The minimum Gasteiger partial charge on any atom is -0.382 e. The van der Waals surface area contributed by atoms with Crippen molar-refractivity contribution < 1.29 is 0 Å². The van der Waals surface area contributed by atoms with Crippen LogP contribution in [0.3, 0.4) is 0 Å². The second-order valence-electron chi connectivity index (χ2n) is 2.52. The first-order valence-corrected chi connectivity index (χ1v) is 4.08. The van der Waals surface area contributed by atoms with E-state index < -0.39 is 0 Å². The van der Waals surface area contributed by atoms with E-state index in [2.05, 4.69) is 35.3 Å². The molecular weight excluding hydrogens is 196 g/mol. The molecule has 0 aliphatic carbocycles. The molecule has 0 unspecified atom stereocenters. The maximum atomic E-state index is 5.48. The van der Waals surface area contributed by atoms with Gasteiger partial charge in [-0.15, -0.1) is 5.10 Å². The number of hydrogen-bond donors (Lipinski definition) is 3. The third kappa shape index (κ3) is 2.05. The molecule has 0 amide bonds. The lowest BCUT2D eigenvalue weighted by Crippen LogP contribution is -1.91. The molecule has 3 aromatic rings. The summed E-state index contributed by atoms with van der Waals surface area (Å²) in [4.78, 5) is 14.4. The van der Waals surface area contributed by atoms with E-state index in [1.54, 1.807) is 12.4 Å². The zero-order valence-corrected chi connectivity index (χ0v) is 7.62. The molecular formula is C7H8N8. The highest BCUT2D eigenvalue weighted by Gasteiger charge is 1.99. The van der Waals surface area contributed by atoms with Gasteiger partial charge >= 0.3 is 0 Å². The first-order chi connectivity index (χ1) is 7.38. The van der Waals surface area contributed by atoms with Crippen LogP contribution in [0, 0.1) is 0 Å². The first-order valence-electron chi connectivity index (χ1n) is 4.08. The minimum absolute atomic E-state index is 0.433. The van der Waals surface area contributed by atoms with Crippen molar-refractivity contribution in [3.8, 4) is 0 Å². The topological polar surface area (TPSA) is 122 Å². The molecule has 0 aliphatic heterocycles. The molecule has 8 heteroatoms. The van der Waals surface area contributed by atoms with Gasteiger partial charge < -0.3 is 10.7 Å². The molecule has 0 aliphatic rings. The largest absolute Gasteiger partial charge is 0.382 e. The monoisotopic (exact) mass is 204 g/mol. The third-order valence-corrected chi connectivity index (χ3v) is 1.58. The third-order valence-electron chi connectivity index (χ3n) is 1.58. The van der Waals surface area contributed by atoms with Crippen molar-refractivity contribution in [2.75, 3.05) is 5.73 Å². The van der Waals surface area contributed by atoms with E-state index in [9.17, 15) is 0 Å². The molecule has 0 aromatic carbocycles. The molecule has 0 saturated carbocycles. The number of aromatic nitrogens is 7. The Morgan fingerprint density at radius 1 is 1.20 bits per heavy atom. The normalized spacial score (nSPS) is 9.60. The van der Waals surface area contributed by atoms with Gasteiger partial charge in [0.2, 0.25) is 0 Å². The van der Waals surface area contributed by atoms with Gasteiger partial charge in [0.15, 0.2) is 11.5 Å². The van der Waals surface area contributed by atoms with Crippen molar-refractivity contribution >= 4 is 17.0 Å². The minimum atomic E-state index is 0.433. The molecule has 3 rings (SSSR count). The van der Waals surface area contributed by atoms with Gasteiger partial charge in [-0.2, -0.15) is 0 Å². The number of nitrogens with two attached hydrogens (primary N) is 1. The van der Waals surface area contributed by atoms with E-state index in [4.69, 9.17) is 5.73 Å². The average molecular weight is 204 g/mol. The summed E-state index contributed by atoms with van der Waals surface area (Å²) in [6, 6.07) is 0. The molecule has 0 fully saturated rings. The Labute approximate surface area is 84.0 Å². The summed E-state index contributed by atoms with van der Waals surface area (Å²) >= 11 is 0. The molecule has 4 N–H and O–H groups in total. The summed E-state index contributed by atoms with van der Waals surface area (Å²) in [6.07, 6.45) is 6.16. The van der Waals surface area contributed by atoms with Crippen LogP contribution in [0.25, 0.3) is 11.2 Å². The number of rotatable bonds is 0. The molecule has 0 atom stereocenters. The number of anilines is 1. The van der Waals surface area contributed by atoms with E-state index in [1.165, 1.54) is 12.7 Å². The number of hydrogen-bond acceptors (Lipinski definition) is 6. The molecule has 3 heterocycles. The SMILES string of the molecule is Nc1ncnc2nc[nH]c12.c1c[nH]nn1. The lowest BCUT2D eigenvalue weighted by atomic mass is 10.5. The zero-order chi connectivity index (χ0) is 10.5. The maximum absolute atomic E-state index is 5.48. The summed E-state index contributed by atoms with van der Waals surface area (Å²) in [5, 5.41) is 9.26. The summed E-state index contributed by atoms with van der Waals surface area (Å²) in [5.41, 5.74) is 6.78. The van der Waals surface area contributed by atoms with Crippen molar-refractivity contribution in [3.05, 3.63) is 25.0 Å². The van der Waals surface area contributed by atoms with E-state index in [0.29, 0.717) is 17.0 Å². The number of imidazole rings is 1. The molecule has 76 valence electrons. The van der Waals surface area contributed by atoms with Crippen molar-refractivity contribution in [2.45, 2.75) is 0 Å². The number of H-pyrrole nitrogens is 2. The van der Waals surface area contributed by atoms with E-state index >= 15 is 0 Å². The van der Waals surface area contributed by atoms with Crippen LogP contribution < -0.4 is 5.73 Å². The molecule has 15 heavy (non-hydrogen) atoms. The highest BCUT2D eigenvalue weighted by atomic mass is 15.3. The summed E-state index contributed by atoms with van der Waals surface area (Å²) in [6.45, 7) is 0. The number of fused-ring (bicyclic) bond motifs is 1. The van der Waals surface area contributed by atoms with Crippen LogP contribution in [0.15, 0.2) is 25.0 Å². The second kappa shape index (κ2) is 4.13. The van der Waals surface area contributed by atoms with E-state index in [0.717, 1.165) is 0 Å². The van der Waals surface area contributed by atoms with Gasteiger partial charge in [0.05, 0.1) is 12.5 Å². The van der Waals surface area contributed by atoms with Crippen LogP contribution in [0.4, 0.5) is 5.82 Å². The van der Waals surface area contributed by atoms with Crippen LogP contribution >= 0.6 is 0 Å². The second-order valence-corrected chi connectivity index (χ2v) is 2.52. The van der Waals surface area contributed by atoms with Gasteiger partial charge in [0.1, 0.15) is 11.8 Å². The number of nitrogen functional groups attached to an aromatic ring is 1. The highest BCUT2D eigenvalue weighted by Crippen LogP contribution is 2.09. The van der Waals surface area contributed by atoms with Gasteiger partial charge in [-0.1, -0.05) is 5.21 Å². The van der Waals surface area contributed by atoms with E-state index in [-0.39, 0.29) is 0 Å². The molecule has 3 aromatic heterocycles. The fraction of sp³-hybridized carbons (Fsp3) is 0. The van der Waals surface area contributed by atoms with Crippen LogP contribution in [0.2, 0.25) is 0 Å². The smallest absolute Gasteiger partial charge is 0.182 e. The van der Waals surface area contributed by atoms with Crippen molar-refractivity contribution in [2.24, 2.45) is 0 Å². The molecule has 0 saturated heterocycles. The highest BCUT2D eigenvalue weighted by molar-refractivity contribution is 5.80. The Kier molecular flexibility index (Phi) is 2.50. The standard InChI is InChI=1S/C5H5N5.C2H3N3/c6-4-3-5(9-1-7-3)10-2-8-4;1-2-4-5-3-1/h1-2H,(H3,6,7,8,9,10);1-2H,(H,3,4,5). The molecule has 0 spiro atoms. The number of aromatic amines is 2. The predicted molar refractivity (Wildman–Crippen MR) is 52.5 cm³/mol. The molecule has 0 radical (unpaired) electrons. The lowest BCUT2D eigenvalue weighted by Gasteiger charge is -1.89. The number of nitrogens with one attached hydrogen (secondary N) is 2. The van der Waals surface area contributed by atoms with Gasteiger partial charge in [-0.05, 0) is 0 Å². The Bertz CT molecular complexity index is 495. The summed E-state index contributed by atoms with van der Waals surface area (Å²) in [7, 11) is 0. The average Bonchev–Trinajstić information content (AvgIpc) is 2.93. The predicted octanol–water partition coefficient (Wildman–Crippen LogP) is -0.260. The van der Waals surface area contributed by atoms with Crippen LogP contribution in [-0.2, 0) is 0 Å². The van der Waals surface area contributed by atoms with Gasteiger partial charge in [-0.25, -0.2) is 15.0 Å². The molecule has 8 nitrogen and oxygen atoms in total. The van der Waals surface area contributed by atoms with Crippen molar-refractivity contribution in [1.29, 1.82) is 0 Å². The zero-order valence-electron chi connectivity index (χ0n) is 7.62. The van der Waals surface area contributed by atoms with Gasteiger partial charge in [0, 0.05) is 6.20 Å². The first kappa shape index (κ1) is 9.06. The fourth-order valence-electron chi connectivity index (χ4n) is 0.950. The lowest BCUT2D eigenvalue weighted by molar-refractivity contribution is 0.940. The Morgan fingerprint density at radius 3 is 2.73 bits per heavy atom. The van der Waals surface area contributed by atoms with Gasteiger partial charge in [-0.3, -0.25) is 5.10 Å².